The van der Waals surface area contributed by atoms with Crippen LogP contribution in [-0.4, -0.2) is 76.1 Å². The molecule has 1 atom stereocenters. The van der Waals surface area contributed by atoms with Crippen LogP contribution in [0.25, 0.3) is 0 Å². The highest BCUT2D eigenvalue weighted by Crippen LogP contribution is 2.11. The fraction of sp³-hybridized carbons (Fsp3) is 1.00. The second kappa shape index (κ2) is 17.6. The molecule has 0 amide bonds. The summed E-state index contributed by atoms with van der Waals surface area (Å²) in [7, 11) is 0. The molecule has 2 N–H and O–H groups in total. The maximum absolute atomic E-state index is 5.65. The molecule has 0 aromatic carbocycles. The lowest BCUT2D eigenvalue weighted by molar-refractivity contribution is 0.0363. The summed E-state index contributed by atoms with van der Waals surface area (Å²) in [6, 6.07) is 1.35. The van der Waals surface area contributed by atoms with Gasteiger partial charge in [0.1, 0.15) is 0 Å². The molecule has 0 aliphatic carbocycles. The zero-order chi connectivity index (χ0) is 18.0. The van der Waals surface area contributed by atoms with E-state index >= 15 is 0 Å². The lowest BCUT2D eigenvalue weighted by Crippen LogP contribution is -2.46. The number of hydrogen-bond acceptors (Lipinski definition) is 5. The lowest BCUT2D eigenvalue weighted by Gasteiger charge is -2.33. The Hall–Kier alpha value is -0.200. The summed E-state index contributed by atoms with van der Waals surface area (Å²) in [5.74, 6) is 0. The first kappa shape index (κ1) is 23.8. The van der Waals surface area contributed by atoms with Crippen LogP contribution in [0.2, 0.25) is 0 Å². The van der Waals surface area contributed by atoms with Crippen molar-refractivity contribution >= 4 is 0 Å². The van der Waals surface area contributed by atoms with Crippen molar-refractivity contribution in [3.8, 4) is 0 Å². The number of rotatable bonds is 13. The van der Waals surface area contributed by atoms with Gasteiger partial charge in [0.25, 0.3) is 0 Å². The highest BCUT2D eigenvalue weighted by Gasteiger charge is 2.19. The molecule has 1 saturated heterocycles. The summed E-state index contributed by atoms with van der Waals surface area (Å²) >= 11 is 0. The molecule has 5 nitrogen and oxygen atoms in total. The van der Waals surface area contributed by atoms with E-state index in [2.05, 4.69) is 36.3 Å². The Morgan fingerprint density at radius 2 is 1.67 bits per heavy atom. The van der Waals surface area contributed by atoms with Crippen molar-refractivity contribution in [3.05, 3.63) is 0 Å². The quantitative estimate of drug-likeness (QED) is 0.501. The van der Waals surface area contributed by atoms with Gasteiger partial charge in [-0.2, -0.15) is 0 Å². The van der Waals surface area contributed by atoms with Gasteiger partial charge in [0, 0.05) is 28.0 Å². The van der Waals surface area contributed by atoms with Crippen LogP contribution in [0.4, 0.5) is 0 Å². The van der Waals surface area contributed by atoms with Crippen molar-refractivity contribution < 1.29 is 12.3 Å². The minimum atomic E-state index is 0. The lowest BCUT2D eigenvalue weighted by atomic mass is 10.0. The van der Waals surface area contributed by atoms with E-state index in [1.54, 1.807) is 0 Å². The van der Waals surface area contributed by atoms with E-state index in [4.69, 9.17) is 9.47 Å². The van der Waals surface area contributed by atoms with Gasteiger partial charge in [-0.3, -0.25) is 0 Å². The van der Waals surface area contributed by atoms with Gasteiger partial charge in [0.15, 0.2) is 0 Å². The Kier molecular flexibility index (Phi) is 17.5. The summed E-state index contributed by atoms with van der Waals surface area (Å²) < 4.78 is 11.1. The van der Waals surface area contributed by atoms with Crippen LogP contribution in [0, 0.1) is 0 Å². The molecule has 1 rings (SSSR count). The number of likely N-dealkylation sites (tertiary alicyclic amines) is 1. The monoisotopic (exact) mass is 349 g/mol. The van der Waals surface area contributed by atoms with E-state index in [0.29, 0.717) is 25.3 Å². The topological polar surface area (TPSA) is 45.8 Å². The van der Waals surface area contributed by atoms with Crippen LogP contribution < -0.4 is 10.6 Å². The standard InChI is InChI=1S/C17H37N3O2.C2H6.2H2/c1-4-16(3)19-17-6-9-20(10-7-17)11-13-22-15-14-21-12-8-18-5-2;1-2;;/h16-19H,4-15H2,1-3H3;1-2H3;2*1H. The van der Waals surface area contributed by atoms with Gasteiger partial charge in [-0.05, 0) is 45.8 Å². The van der Waals surface area contributed by atoms with Crippen molar-refractivity contribution in [3.63, 3.8) is 0 Å². The maximum atomic E-state index is 5.65. The van der Waals surface area contributed by atoms with Gasteiger partial charge in [0.05, 0.1) is 26.4 Å². The summed E-state index contributed by atoms with van der Waals surface area (Å²) in [4.78, 5) is 2.51. The second-order valence-corrected chi connectivity index (χ2v) is 6.17. The molecule has 150 valence electrons. The van der Waals surface area contributed by atoms with E-state index in [1.165, 1.54) is 32.4 Å². The third kappa shape index (κ3) is 13.1. The summed E-state index contributed by atoms with van der Waals surface area (Å²) in [5.41, 5.74) is 0. The third-order valence-electron chi connectivity index (χ3n) is 4.32. The van der Waals surface area contributed by atoms with Crippen LogP contribution in [0.15, 0.2) is 0 Å². The van der Waals surface area contributed by atoms with Crippen LogP contribution in [0.5, 0.6) is 0 Å². The molecule has 0 aromatic heterocycles. The van der Waals surface area contributed by atoms with Crippen molar-refractivity contribution in [2.75, 3.05) is 59.2 Å². The Labute approximate surface area is 153 Å². The van der Waals surface area contributed by atoms with Crippen LogP contribution in [0.3, 0.4) is 0 Å². The predicted molar refractivity (Wildman–Crippen MR) is 108 cm³/mol. The summed E-state index contributed by atoms with van der Waals surface area (Å²) in [5, 5.41) is 6.95. The molecule has 0 spiro atoms. The molecule has 5 heteroatoms. The van der Waals surface area contributed by atoms with Crippen LogP contribution >= 0.6 is 0 Å². The molecule has 1 fully saturated rings. The van der Waals surface area contributed by atoms with E-state index in [0.717, 1.165) is 32.8 Å². The largest absolute Gasteiger partial charge is 0.378 e. The van der Waals surface area contributed by atoms with Crippen LogP contribution in [0.1, 0.15) is 56.7 Å². The first-order valence-corrected chi connectivity index (χ1v) is 10.1. The average Bonchev–Trinajstić information content (AvgIpc) is 2.63. The van der Waals surface area contributed by atoms with Crippen molar-refractivity contribution in [1.29, 1.82) is 0 Å². The maximum Gasteiger partial charge on any atom is 0.0701 e. The Bertz CT molecular complexity index is 257. The number of likely N-dealkylation sites (N-methyl/N-ethyl adjacent to an activating group) is 1. The molecule has 1 aliphatic heterocycles. The van der Waals surface area contributed by atoms with E-state index in [9.17, 15) is 0 Å². The SMILES string of the molecule is CC.CCNCCOCCOCCN1CCC(NC(C)CC)CC1.[HH].[HH]. The molecule has 24 heavy (non-hydrogen) atoms. The first-order valence-electron chi connectivity index (χ1n) is 10.1. The normalized spacial score (nSPS) is 17.4. The highest BCUT2D eigenvalue weighted by molar-refractivity contribution is 4.78. The number of nitrogens with zero attached hydrogens (tertiary/aromatic N) is 1. The van der Waals surface area contributed by atoms with Gasteiger partial charge in [-0.1, -0.05) is 27.7 Å². The Balaban J connectivity index is -0.00000127. The zero-order valence-corrected chi connectivity index (χ0v) is 16.9. The minimum absolute atomic E-state index is 0. The molecule has 1 aliphatic rings. The highest BCUT2D eigenvalue weighted by atomic mass is 16.5. The van der Waals surface area contributed by atoms with E-state index in [-0.39, 0.29) is 2.85 Å². The summed E-state index contributed by atoms with van der Waals surface area (Å²) in [6.45, 7) is 19.0. The molecule has 1 heterocycles. The van der Waals surface area contributed by atoms with Gasteiger partial charge >= 0.3 is 0 Å². The predicted octanol–water partition coefficient (Wildman–Crippen LogP) is 3.00. The van der Waals surface area contributed by atoms with Gasteiger partial charge in [-0.25, -0.2) is 0 Å². The Morgan fingerprint density at radius 1 is 1.04 bits per heavy atom. The first-order chi connectivity index (χ1) is 11.8. The van der Waals surface area contributed by atoms with Gasteiger partial charge in [-0.15, -0.1) is 0 Å². The van der Waals surface area contributed by atoms with E-state index < -0.39 is 0 Å². The Morgan fingerprint density at radius 3 is 2.25 bits per heavy atom. The smallest absolute Gasteiger partial charge is 0.0701 e. The molecule has 0 saturated carbocycles. The molecule has 0 aromatic rings. The number of nitrogens with one attached hydrogen (secondary N) is 2. The van der Waals surface area contributed by atoms with Crippen molar-refractivity contribution in [1.82, 2.24) is 15.5 Å². The van der Waals surface area contributed by atoms with Gasteiger partial charge in [0.2, 0.25) is 0 Å². The van der Waals surface area contributed by atoms with Crippen molar-refractivity contribution in [2.24, 2.45) is 0 Å². The molecule has 0 radical (unpaired) electrons. The number of piperidine rings is 1. The molecular weight excluding hydrogens is 302 g/mol. The van der Waals surface area contributed by atoms with Crippen molar-refractivity contribution in [2.45, 2.75) is 66.0 Å². The van der Waals surface area contributed by atoms with Crippen LogP contribution in [-0.2, 0) is 9.47 Å². The zero-order valence-electron chi connectivity index (χ0n) is 16.9. The number of ether oxygens (including phenoxy) is 2. The fourth-order valence-electron chi connectivity index (χ4n) is 2.68. The minimum Gasteiger partial charge on any atom is -0.378 e. The summed E-state index contributed by atoms with van der Waals surface area (Å²) in [6.07, 6.45) is 3.74. The molecular formula is C19H47N3O2. The number of hydrogen-bond donors (Lipinski definition) is 2. The van der Waals surface area contributed by atoms with Gasteiger partial charge < -0.3 is 25.0 Å². The molecule has 0 bridgehead atoms. The average molecular weight is 350 g/mol. The second-order valence-electron chi connectivity index (χ2n) is 6.17. The molecule has 1 unspecified atom stereocenters. The third-order valence-corrected chi connectivity index (χ3v) is 4.32. The fourth-order valence-corrected chi connectivity index (χ4v) is 2.68. The van der Waals surface area contributed by atoms with E-state index in [1.807, 2.05) is 13.8 Å².